The molecule has 1 aliphatic carbocycles. The number of rotatable bonds is 3. The van der Waals surface area contributed by atoms with E-state index in [1.165, 1.54) is 19.0 Å². The molecule has 192 valence electrons. The van der Waals surface area contributed by atoms with Crippen molar-refractivity contribution in [2.24, 2.45) is 23.7 Å². The lowest BCUT2D eigenvalue weighted by molar-refractivity contribution is -0.525. The zero-order valence-corrected chi connectivity index (χ0v) is 25.6. The van der Waals surface area contributed by atoms with Gasteiger partial charge < -0.3 is 14.2 Å². The van der Waals surface area contributed by atoms with Gasteiger partial charge in [-0.05, 0) is 80.7 Å². The van der Waals surface area contributed by atoms with E-state index in [0.717, 1.165) is 24.7 Å². The molecule has 9 unspecified atom stereocenters. The van der Waals surface area contributed by atoms with Crippen molar-refractivity contribution >= 4 is 17.2 Å². The Morgan fingerprint density at radius 3 is 1.61 bits per heavy atom. The molecule has 4 heterocycles. The molecule has 0 aromatic carbocycles. The van der Waals surface area contributed by atoms with Crippen LogP contribution in [0.3, 0.4) is 0 Å². The molecule has 0 aromatic heterocycles. The van der Waals surface area contributed by atoms with Crippen LogP contribution in [0.2, 0.25) is 0 Å². The van der Waals surface area contributed by atoms with Crippen LogP contribution in [0.25, 0.3) is 0 Å². The molecule has 33 heavy (non-hydrogen) atoms. The maximum Gasteiger partial charge on any atom is 0.172 e. The lowest BCUT2D eigenvalue weighted by Gasteiger charge is -2.76. The van der Waals surface area contributed by atoms with Crippen molar-refractivity contribution < 1.29 is 14.2 Å². The van der Waals surface area contributed by atoms with Gasteiger partial charge in [0.25, 0.3) is 0 Å². The molecule has 0 amide bonds. The molecule has 4 saturated heterocycles. The highest BCUT2D eigenvalue weighted by Crippen LogP contribution is 2.72. The van der Waals surface area contributed by atoms with Gasteiger partial charge in [-0.2, -0.15) is 0 Å². The minimum absolute atomic E-state index is 0.126. The predicted octanol–water partition coefficient (Wildman–Crippen LogP) is 7.80. The summed E-state index contributed by atoms with van der Waals surface area (Å²) in [7, 11) is 3.25. The van der Waals surface area contributed by atoms with Gasteiger partial charge in [0.15, 0.2) is 11.6 Å². The van der Waals surface area contributed by atoms with Gasteiger partial charge in [0.1, 0.15) is 0 Å². The summed E-state index contributed by atoms with van der Waals surface area (Å²) < 4.78 is 20.2. The molecule has 5 aliphatic rings. The van der Waals surface area contributed by atoms with E-state index in [0.29, 0.717) is 22.1 Å². The SMILES string of the molecule is CC1CC(CP(C(C)(C)C)C(C)(C)C)C(C2(P)C3(C)CC4(C)OC(C)(CC2(C)O4)O3)CC1C. The van der Waals surface area contributed by atoms with E-state index in [-0.39, 0.29) is 24.3 Å². The molecule has 9 atom stereocenters. The molecule has 4 bridgehead atoms. The third-order valence-corrected chi connectivity index (χ3v) is 15.6. The Hall–Kier alpha value is 0.740. The van der Waals surface area contributed by atoms with E-state index in [2.05, 4.69) is 92.3 Å². The van der Waals surface area contributed by atoms with Crippen LogP contribution in [0.4, 0.5) is 0 Å². The van der Waals surface area contributed by atoms with Crippen molar-refractivity contribution in [2.45, 2.75) is 147 Å². The second-order valence-electron chi connectivity index (χ2n) is 15.0. The summed E-state index contributed by atoms with van der Waals surface area (Å²) in [6, 6.07) is 0. The summed E-state index contributed by atoms with van der Waals surface area (Å²) in [5.74, 6) is 1.65. The van der Waals surface area contributed by atoms with Crippen LogP contribution in [-0.4, -0.2) is 44.4 Å². The number of ether oxygens (including phenoxy) is 3. The average molecular weight is 499 g/mol. The van der Waals surface area contributed by atoms with Crippen molar-refractivity contribution in [1.29, 1.82) is 0 Å². The van der Waals surface area contributed by atoms with Crippen molar-refractivity contribution in [1.82, 2.24) is 0 Å². The van der Waals surface area contributed by atoms with Crippen LogP contribution in [0.5, 0.6) is 0 Å². The quantitative estimate of drug-likeness (QED) is 0.372. The smallest absolute Gasteiger partial charge is 0.172 e. The second kappa shape index (κ2) is 7.63. The van der Waals surface area contributed by atoms with Gasteiger partial charge in [0, 0.05) is 18.0 Å². The minimum Gasteiger partial charge on any atom is -0.343 e. The summed E-state index contributed by atoms with van der Waals surface area (Å²) in [6.45, 7) is 28.8. The Bertz CT molecular complexity index is 723. The maximum atomic E-state index is 6.93. The first-order valence-electron chi connectivity index (χ1n) is 13.3. The highest BCUT2D eigenvalue weighted by Gasteiger charge is 2.78. The summed E-state index contributed by atoms with van der Waals surface area (Å²) in [6.07, 6.45) is 5.53. The third kappa shape index (κ3) is 4.11. The Labute approximate surface area is 208 Å². The summed E-state index contributed by atoms with van der Waals surface area (Å²) in [4.78, 5) is 0. The number of hydrogen-bond acceptors (Lipinski definition) is 3. The third-order valence-electron chi connectivity index (χ3n) is 9.84. The van der Waals surface area contributed by atoms with Crippen LogP contribution >= 0.6 is 17.2 Å². The molecule has 3 nitrogen and oxygen atoms in total. The molecule has 5 heteroatoms. The Balaban J connectivity index is 1.78. The first-order valence-corrected chi connectivity index (χ1v) is 15.4. The molecule has 0 N–H and O–H groups in total. The Morgan fingerprint density at radius 2 is 1.18 bits per heavy atom. The summed E-state index contributed by atoms with van der Waals surface area (Å²) in [5.41, 5.74) is -0.555. The highest BCUT2D eigenvalue weighted by atomic mass is 31.1. The first-order chi connectivity index (χ1) is 14.7. The van der Waals surface area contributed by atoms with Crippen LogP contribution in [0, 0.1) is 23.7 Å². The zero-order valence-electron chi connectivity index (χ0n) is 23.6. The van der Waals surface area contributed by atoms with Crippen molar-refractivity contribution in [3.05, 3.63) is 0 Å². The van der Waals surface area contributed by atoms with Crippen molar-refractivity contribution in [2.75, 3.05) is 6.16 Å². The van der Waals surface area contributed by atoms with E-state index >= 15 is 0 Å². The molecule has 0 radical (unpaired) electrons. The fraction of sp³-hybridized carbons (Fsp3) is 1.00. The van der Waals surface area contributed by atoms with Gasteiger partial charge in [-0.15, -0.1) is 9.24 Å². The Morgan fingerprint density at radius 1 is 0.758 bits per heavy atom. The lowest BCUT2D eigenvalue weighted by Crippen LogP contribution is -2.85. The fourth-order valence-corrected chi connectivity index (χ4v) is 13.7. The molecule has 5 fully saturated rings. The van der Waals surface area contributed by atoms with Crippen LogP contribution in [0.1, 0.15) is 109 Å². The fourth-order valence-electron chi connectivity index (χ4n) is 8.95. The second-order valence-corrected chi connectivity index (χ2v) is 19.8. The Kier molecular flexibility index (Phi) is 6.20. The molecular formula is C28H52O3P2. The van der Waals surface area contributed by atoms with Crippen LogP contribution < -0.4 is 0 Å². The van der Waals surface area contributed by atoms with Crippen molar-refractivity contribution in [3.63, 3.8) is 0 Å². The van der Waals surface area contributed by atoms with E-state index < -0.39 is 11.6 Å². The van der Waals surface area contributed by atoms with Crippen LogP contribution in [0.15, 0.2) is 0 Å². The topological polar surface area (TPSA) is 27.7 Å². The average Bonchev–Trinajstić information content (AvgIpc) is 2.55. The van der Waals surface area contributed by atoms with Gasteiger partial charge in [-0.25, -0.2) is 0 Å². The highest BCUT2D eigenvalue weighted by molar-refractivity contribution is 7.60. The predicted molar refractivity (Wildman–Crippen MR) is 144 cm³/mol. The summed E-state index contributed by atoms with van der Waals surface area (Å²) in [5, 5.41) is 0.564. The summed E-state index contributed by atoms with van der Waals surface area (Å²) >= 11 is 0. The van der Waals surface area contributed by atoms with Gasteiger partial charge in [-0.3, -0.25) is 0 Å². The molecule has 4 aliphatic heterocycles. The van der Waals surface area contributed by atoms with Gasteiger partial charge in [0.05, 0.1) is 11.2 Å². The number of hydrogen-bond donors (Lipinski definition) is 0. The standard InChI is InChI=1S/C28H52O3P2/c1-18-13-20(15-33(22(3,4)5)23(6,7)8)21(14-19(18)2)28(32)24(9)16-26(11)30-25(28,10)17-27(12,29-24)31-26/h18-21H,13-17,32H2,1-12H3. The maximum absolute atomic E-state index is 6.93. The van der Waals surface area contributed by atoms with E-state index in [1.807, 2.05) is 0 Å². The van der Waals surface area contributed by atoms with E-state index in [4.69, 9.17) is 14.2 Å². The zero-order chi connectivity index (χ0) is 25.0. The van der Waals surface area contributed by atoms with Crippen LogP contribution in [-0.2, 0) is 14.2 Å². The van der Waals surface area contributed by atoms with Crippen molar-refractivity contribution in [3.8, 4) is 0 Å². The van der Waals surface area contributed by atoms with E-state index in [9.17, 15) is 0 Å². The monoisotopic (exact) mass is 498 g/mol. The molecular weight excluding hydrogens is 446 g/mol. The van der Waals surface area contributed by atoms with Gasteiger partial charge >= 0.3 is 0 Å². The van der Waals surface area contributed by atoms with E-state index in [1.54, 1.807) is 0 Å². The molecule has 1 saturated carbocycles. The first kappa shape index (κ1) is 26.8. The normalized spacial score (nSPS) is 52.5. The van der Waals surface area contributed by atoms with Gasteiger partial charge in [0.2, 0.25) is 0 Å². The molecule has 5 rings (SSSR count). The largest absolute Gasteiger partial charge is 0.343 e. The molecule has 0 aromatic rings. The molecule has 0 spiro atoms. The van der Waals surface area contributed by atoms with Gasteiger partial charge in [-0.1, -0.05) is 63.3 Å². The minimum atomic E-state index is -0.554. The lowest BCUT2D eigenvalue weighted by atomic mass is 9.53.